The molecule has 0 aliphatic heterocycles. The van der Waals surface area contributed by atoms with Crippen LogP contribution in [-0.4, -0.2) is 0 Å². The van der Waals surface area contributed by atoms with Crippen molar-refractivity contribution in [2.75, 3.05) is 0 Å². The summed E-state index contributed by atoms with van der Waals surface area (Å²) in [4.78, 5) is 5.95. The van der Waals surface area contributed by atoms with Crippen LogP contribution in [0.3, 0.4) is 0 Å². The summed E-state index contributed by atoms with van der Waals surface area (Å²) >= 11 is 0. The van der Waals surface area contributed by atoms with Gasteiger partial charge in [0.05, 0.1) is 36.4 Å². The molecule has 0 unspecified atom stereocenters. The SMILES string of the molecule is [C-]#[N+]C(C#N)=C1c2cc(C(F)(F)F)ccc2-c2c(F)c3c(c(F)c21)-c1ccc(C(F)(F)F)cc1C3=C(C#N)[N+]#[C-]. The molecule has 3 aromatic carbocycles. The van der Waals surface area contributed by atoms with Crippen LogP contribution in [0.2, 0.25) is 0 Å². The Morgan fingerprint density at radius 2 is 0.950 bits per heavy atom. The van der Waals surface area contributed by atoms with Gasteiger partial charge in [-0.25, -0.2) is 29.0 Å². The fourth-order valence-electron chi connectivity index (χ4n) is 4.99. The van der Waals surface area contributed by atoms with Gasteiger partial charge in [-0.1, -0.05) is 12.1 Å². The molecule has 40 heavy (non-hydrogen) atoms. The number of halogens is 8. The van der Waals surface area contributed by atoms with Gasteiger partial charge >= 0.3 is 12.4 Å². The van der Waals surface area contributed by atoms with Gasteiger partial charge in [0.2, 0.25) is 0 Å². The molecule has 3 aromatic rings. The zero-order chi connectivity index (χ0) is 29.3. The van der Waals surface area contributed by atoms with Crippen molar-refractivity contribution in [3.63, 3.8) is 0 Å². The predicted molar refractivity (Wildman–Crippen MR) is 124 cm³/mol. The van der Waals surface area contributed by atoms with Crippen LogP contribution in [0, 0.1) is 47.4 Å². The van der Waals surface area contributed by atoms with Crippen LogP contribution in [0.25, 0.3) is 43.1 Å². The van der Waals surface area contributed by atoms with Crippen LogP contribution in [0.4, 0.5) is 35.1 Å². The Balaban J connectivity index is 1.99. The molecule has 2 aliphatic carbocycles. The van der Waals surface area contributed by atoms with E-state index in [4.69, 9.17) is 13.1 Å². The van der Waals surface area contributed by atoms with Crippen molar-refractivity contribution in [3.8, 4) is 34.4 Å². The zero-order valence-corrected chi connectivity index (χ0v) is 19.3. The summed E-state index contributed by atoms with van der Waals surface area (Å²) in [6, 6.07) is 6.84. The quantitative estimate of drug-likeness (QED) is 0.111. The highest BCUT2D eigenvalue weighted by Gasteiger charge is 2.43. The standard InChI is InChI=1S/C28H6F8N4/c1-39-17(9-37)19-15-7-11(27(31,32)33)3-5-13(15)21-23(19)25(29)22-14-6-4-12(28(34,35)36)8-16(14)20(18(10-38)40-2)24(22)26(21)30/h3-8H. The average molecular weight is 550 g/mol. The summed E-state index contributed by atoms with van der Waals surface area (Å²) in [5.41, 5.74) is -9.71. The molecule has 5 rings (SSSR count). The summed E-state index contributed by atoms with van der Waals surface area (Å²) in [6.45, 7) is 14.6. The van der Waals surface area contributed by atoms with Gasteiger partial charge in [-0.05, 0) is 46.5 Å². The van der Waals surface area contributed by atoms with Crippen molar-refractivity contribution >= 4 is 11.1 Å². The third-order valence-corrected chi connectivity index (χ3v) is 6.56. The fraction of sp³-hybridized carbons (Fsp3) is 0.0714. The van der Waals surface area contributed by atoms with E-state index in [0.717, 1.165) is 12.1 Å². The lowest BCUT2D eigenvalue weighted by Gasteiger charge is -2.13. The van der Waals surface area contributed by atoms with Crippen molar-refractivity contribution in [2.45, 2.75) is 12.4 Å². The molecule has 194 valence electrons. The number of nitriles is 2. The first-order valence-electron chi connectivity index (χ1n) is 10.8. The van der Waals surface area contributed by atoms with Gasteiger partial charge < -0.3 is 0 Å². The van der Waals surface area contributed by atoms with Gasteiger partial charge in [0, 0.05) is 33.4 Å². The monoisotopic (exact) mass is 550 g/mol. The molecule has 0 saturated carbocycles. The van der Waals surface area contributed by atoms with E-state index in [0.29, 0.717) is 24.3 Å². The van der Waals surface area contributed by atoms with Gasteiger partial charge in [-0.3, -0.25) is 0 Å². The minimum Gasteiger partial charge on any atom is -0.226 e. The Labute approximate surface area is 219 Å². The Kier molecular flexibility index (Phi) is 5.58. The van der Waals surface area contributed by atoms with Crippen molar-refractivity contribution in [1.82, 2.24) is 0 Å². The molecular weight excluding hydrogens is 544 g/mol. The molecule has 0 radical (unpaired) electrons. The minimum atomic E-state index is -4.89. The van der Waals surface area contributed by atoms with Crippen LogP contribution in [0.15, 0.2) is 47.8 Å². The first-order chi connectivity index (χ1) is 18.8. The molecule has 2 aliphatic rings. The third kappa shape index (κ3) is 3.47. The highest BCUT2D eigenvalue weighted by Crippen LogP contribution is 2.57. The molecule has 0 fully saturated rings. The maximum absolute atomic E-state index is 16.5. The minimum absolute atomic E-state index is 0.318. The van der Waals surface area contributed by atoms with Crippen molar-refractivity contribution in [2.24, 2.45) is 0 Å². The summed E-state index contributed by atoms with van der Waals surface area (Å²) in [5.74, 6) is -2.69. The number of fused-ring (bicyclic) bond motifs is 6. The van der Waals surface area contributed by atoms with Gasteiger partial charge in [-0.15, -0.1) is 0 Å². The highest BCUT2D eigenvalue weighted by molar-refractivity contribution is 6.11. The first kappa shape index (κ1) is 26.2. The highest BCUT2D eigenvalue weighted by atomic mass is 19.4. The molecule has 0 N–H and O–H groups in total. The number of nitrogens with zero attached hydrogens (tertiary/aromatic N) is 4. The molecule has 0 amide bonds. The Morgan fingerprint density at radius 1 is 0.600 bits per heavy atom. The molecule has 12 heteroatoms. The summed E-state index contributed by atoms with van der Waals surface area (Å²) < 4.78 is 114. The number of alkyl halides is 6. The molecule has 0 heterocycles. The van der Waals surface area contributed by atoms with E-state index < -0.39 is 91.0 Å². The third-order valence-electron chi connectivity index (χ3n) is 6.56. The molecule has 0 spiro atoms. The lowest BCUT2D eigenvalue weighted by atomic mass is 9.93. The van der Waals surface area contributed by atoms with E-state index in [9.17, 15) is 36.9 Å². The van der Waals surface area contributed by atoms with Crippen LogP contribution in [-0.2, 0) is 12.4 Å². The molecule has 4 nitrogen and oxygen atoms in total. The number of benzene rings is 3. The molecule has 0 saturated heterocycles. The van der Waals surface area contributed by atoms with E-state index >= 15 is 8.78 Å². The van der Waals surface area contributed by atoms with Crippen LogP contribution in [0.5, 0.6) is 0 Å². The van der Waals surface area contributed by atoms with Crippen LogP contribution >= 0.6 is 0 Å². The Hall–Kier alpha value is -5.46. The lowest BCUT2D eigenvalue weighted by molar-refractivity contribution is -0.138. The zero-order valence-electron chi connectivity index (χ0n) is 19.3. The van der Waals surface area contributed by atoms with Gasteiger partial charge in [0.1, 0.15) is 11.6 Å². The van der Waals surface area contributed by atoms with Crippen LogP contribution < -0.4 is 0 Å². The van der Waals surface area contributed by atoms with Crippen molar-refractivity contribution in [1.29, 1.82) is 10.5 Å². The summed E-state index contributed by atoms with van der Waals surface area (Å²) in [5, 5.41) is 19.0. The normalized spacial score (nSPS) is 15.5. The van der Waals surface area contributed by atoms with Crippen molar-refractivity contribution in [3.05, 3.63) is 116 Å². The van der Waals surface area contributed by atoms with Crippen molar-refractivity contribution < 1.29 is 35.1 Å². The van der Waals surface area contributed by atoms with Gasteiger partial charge in [0.15, 0.2) is 0 Å². The Bertz CT molecular complexity index is 1760. The second kappa shape index (κ2) is 8.53. The van der Waals surface area contributed by atoms with E-state index in [-0.39, 0.29) is 11.1 Å². The van der Waals surface area contributed by atoms with E-state index in [1.165, 1.54) is 12.1 Å². The molecular formula is C28H6F8N4. The topological polar surface area (TPSA) is 56.3 Å². The maximum atomic E-state index is 16.5. The predicted octanol–water partition coefficient (Wildman–Crippen LogP) is 8.37. The first-order valence-corrected chi connectivity index (χ1v) is 10.8. The fourth-order valence-corrected chi connectivity index (χ4v) is 4.99. The smallest absolute Gasteiger partial charge is 0.226 e. The van der Waals surface area contributed by atoms with E-state index in [2.05, 4.69) is 9.69 Å². The summed E-state index contributed by atoms with van der Waals surface area (Å²) in [6.07, 6.45) is -9.78. The lowest BCUT2D eigenvalue weighted by Crippen LogP contribution is -2.05. The number of hydrogen-bond acceptors (Lipinski definition) is 2. The summed E-state index contributed by atoms with van der Waals surface area (Å²) in [7, 11) is 0. The Morgan fingerprint density at radius 3 is 1.23 bits per heavy atom. The second-order valence-electron chi connectivity index (χ2n) is 8.54. The number of rotatable bonds is 0. The molecule has 0 aromatic heterocycles. The van der Waals surface area contributed by atoms with Gasteiger partial charge in [-0.2, -0.15) is 26.3 Å². The average Bonchev–Trinajstić information content (AvgIpc) is 3.42. The van der Waals surface area contributed by atoms with E-state index in [1.54, 1.807) is 0 Å². The number of hydrogen-bond donors (Lipinski definition) is 0. The largest absolute Gasteiger partial charge is 0.416 e. The van der Waals surface area contributed by atoms with Crippen LogP contribution in [0.1, 0.15) is 33.4 Å². The van der Waals surface area contributed by atoms with Gasteiger partial charge in [0.25, 0.3) is 11.4 Å². The molecule has 0 bridgehead atoms. The maximum Gasteiger partial charge on any atom is 0.416 e. The van der Waals surface area contributed by atoms with E-state index in [1.807, 2.05) is 0 Å². The second-order valence-corrected chi connectivity index (χ2v) is 8.54. The number of allylic oxidation sites excluding steroid dienone is 2. The molecule has 0 atom stereocenters.